The molecule has 2 amide bonds. The average Bonchev–Trinajstić information content (AvgIpc) is 2.46. The molecule has 0 aliphatic carbocycles. The molecule has 1 aliphatic rings. The summed E-state index contributed by atoms with van der Waals surface area (Å²) in [6.07, 6.45) is -0.727. The minimum absolute atomic E-state index is 0.365. The highest BCUT2D eigenvalue weighted by Crippen LogP contribution is 2.42. The molecular weight excluding hydrogens is 286 g/mol. The lowest BCUT2D eigenvalue weighted by Gasteiger charge is -2.45. The van der Waals surface area contributed by atoms with Gasteiger partial charge < -0.3 is 9.84 Å². The Balaban J connectivity index is 2.62. The number of aliphatic hydroxyl groups excluding tert-OH is 1. The Bertz CT molecular complexity index is 651. The van der Waals surface area contributed by atoms with Gasteiger partial charge in [0.05, 0.1) is 11.6 Å². The first-order chi connectivity index (χ1) is 10.3. The third-order valence-electron chi connectivity index (χ3n) is 3.65. The van der Waals surface area contributed by atoms with Gasteiger partial charge >= 0.3 is 0 Å². The number of nitrogens with one attached hydrogen (secondary N) is 1. The van der Waals surface area contributed by atoms with E-state index in [-0.39, 0.29) is 0 Å². The summed E-state index contributed by atoms with van der Waals surface area (Å²) >= 11 is 0. The second-order valence-corrected chi connectivity index (χ2v) is 5.60. The first-order valence-electron chi connectivity index (χ1n) is 6.72. The SMILES string of the molecule is CC(=O)N(NC=O)C1c2cc(C#N)ccc2OC(C)(C)C1O. The van der Waals surface area contributed by atoms with Crippen LogP contribution in [0.5, 0.6) is 5.75 Å². The lowest BCUT2D eigenvalue weighted by Crippen LogP contribution is -2.57. The molecule has 2 rings (SSSR count). The largest absolute Gasteiger partial charge is 0.485 e. The van der Waals surface area contributed by atoms with Crippen molar-refractivity contribution in [3.05, 3.63) is 29.3 Å². The molecule has 0 spiro atoms. The van der Waals surface area contributed by atoms with E-state index in [9.17, 15) is 14.7 Å². The van der Waals surface area contributed by atoms with Crippen LogP contribution >= 0.6 is 0 Å². The monoisotopic (exact) mass is 303 g/mol. The first kappa shape index (κ1) is 15.8. The zero-order valence-corrected chi connectivity index (χ0v) is 12.5. The van der Waals surface area contributed by atoms with Gasteiger partial charge in [0.1, 0.15) is 23.5 Å². The van der Waals surface area contributed by atoms with Crippen LogP contribution in [0.15, 0.2) is 18.2 Å². The van der Waals surface area contributed by atoms with Crippen molar-refractivity contribution in [2.75, 3.05) is 0 Å². The second-order valence-electron chi connectivity index (χ2n) is 5.60. The maximum atomic E-state index is 11.8. The van der Waals surface area contributed by atoms with Gasteiger partial charge in [0, 0.05) is 12.5 Å². The van der Waals surface area contributed by atoms with Crippen molar-refractivity contribution in [3.63, 3.8) is 0 Å². The van der Waals surface area contributed by atoms with E-state index < -0.39 is 23.7 Å². The van der Waals surface area contributed by atoms with E-state index in [0.717, 1.165) is 5.01 Å². The van der Waals surface area contributed by atoms with Crippen LogP contribution in [0.4, 0.5) is 0 Å². The van der Waals surface area contributed by atoms with Gasteiger partial charge in [-0.15, -0.1) is 0 Å². The molecule has 0 fully saturated rings. The molecule has 1 heterocycles. The summed E-state index contributed by atoms with van der Waals surface area (Å²) in [5, 5.41) is 20.7. The predicted octanol–water partition coefficient (Wildman–Crippen LogP) is 0.641. The number of aliphatic hydroxyl groups is 1. The van der Waals surface area contributed by atoms with E-state index in [4.69, 9.17) is 10.00 Å². The quantitative estimate of drug-likeness (QED) is 0.630. The summed E-state index contributed by atoms with van der Waals surface area (Å²) in [6.45, 7) is 4.65. The number of hydrogen-bond donors (Lipinski definition) is 2. The van der Waals surface area contributed by atoms with Gasteiger partial charge in [-0.3, -0.25) is 15.0 Å². The highest BCUT2D eigenvalue weighted by molar-refractivity contribution is 5.75. The molecule has 1 aromatic carbocycles. The van der Waals surface area contributed by atoms with Crippen LogP contribution in [0.1, 0.15) is 37.9 Å². The molecule has 116 valence electrons. The fourth-order valence-corrected chi connectivity index (χ4v) is 2.54. The van der Waals surface area contributed by atoms with Gasteiger partial charge in [-0.2, -0.15) is 5.26 Å². The topological polar surface area (TPSA) is 103 Å². The fraction of sp³-hybridized carbons (Fsp3) is 0.400. The number of hydrazine groups is 1. The molecule has 0 bridgehead atoms. The molecule has 1 aromatic rings. The summed E-state index contributed by atoms with van der Waals surface area (Å²) in [6, 6.07) is 5.90. The van der Waals surface area contributed by atoms with Gasteiger partial charge in [-0.1, -0.05) is 0 Å². The van der Waals surface area contributed by atoms with Crippen LogP contribution in [-0.2, 0) is 9.59 Å². The predicted molar refractivity (Wildman–Crippen MR) is 76.3 cm³/mol. The van der Waals surface area contributed by atoms with Gasteiger partial charge in [0.2, 0.25) is 12.3 Å². The van der Waals surface area contributed by atoms with Crippen molar-refractivity contribution in [1.29, 1.82) is 5.26 Å². The standard InChI is InChI=1S/C15H17N3O4/c1-9(20)18(17-8-19)13-11-6-10(7-16)4-5-12(11)22-15(2,3)14(13)21/h4-6,8,13-14,21H,1-3H3,(H,17,19). The summed E-state index contributed by atoms with van der Waals surface area (Å²) in [5.74, 6) is 0.0143. The highest BCUT2D eigenvalue weighted by Gasteiger charge is 2.46. The zero-order chi connectivity index (χ0) is 16.5. The van der Waals surface area contributed by atoms with Crippen LogP contribution < -0.4 is 10.2 Å². The molecule has 0 aromatic heterocycles. The Hall–Kier alpha value is -2.59. The van der Waals surface area contributed by atoms with Crippen LogP contribution in [0.2, 0.25) is 0 Å². The third kappa shape index (κ3) is 2.61. The van der Waals surface area contributed by atoms with Crippen molar-refractivity contribution < 1.29 is 19.4 Å². The first-order valence-corrected chi connectivity index (χ1v) is 6.72. The molecule has 2 atom stereocenters. The molecule has 0 saturated heterocycles. The molecule has 2 N–H and O–H groups in total. The summed E-state index contributed by atoms with van der Waals surface area (Å²) < 4.78 is 5.76. The fourth-order valence-electron chi connectivity index (χ4n) is 2.54. The Labute approximate surface area is 128 Å². The number of carbonyl (C=O) groups is 2. The van der Waals surface area contributed by atoms with Gasteiger partial charge in [0.15, 0.2) is 0 Å². The van der Waals surface area contributed by atoms with Crippen molar-refractivity contribution in [3.8, 4) is 11.8 Å². The van der Waals surface area contributed by atoms with E-state index >= 15 is 0 Å². The summed E-state index contributed by atoms with van der Waals surface area (Å²) in [4.78, 5) is 22.6. The van der Waals surface area contributed by atoms with E-state index in [2.05, 4.69) is 5.43 Å². The zero-order valence-electron chi connectivity index (χ0n) is 12.5. The van der Waals surface area contributed by atoms with Gasteiger partial charge in [-0.05, 0) is 32.0 Å². The number of fused-ring (bicyclic) bond motifs is 1. The normalized spacial score (nSPS) is 21.8. The lowest BCUT2D eigenvalue weighted by atomic mass is 9.85. The average molecular weight is 303 g/mol. The summed E-state index contributed by atoms with van der Waals surface area (Å²) in [7, 11) is 0. The number of carbonyl (C=O) groups excluding carboxylic acids is 2. The number of ether oxygens (including phenoxy) is 1. The Morgan fingerprint density at radius 1 is 1.55 bits per heavy atom. The van der Waals surface area contributed by atoms with Crippen molar-refractivity contribution >= 4 is 12.3 Å². The maximum absolute atomic E-state index is 11.8. The van der Waals surface area contributed by atoms with E-state index in [1.165, 1.54) is 6.92 Å². The number of amides is 2. The van der Waals surface area contributed by atoms with Crippen LogP contribution in [0.25, 0.3) is 0 Å². The maximum Gasteiger partial charge on any atom is 0.238 e. The number of nitrogens with zero attached hydrogens (tertiary/aromatic N) is 2. The minimum atomic E-state index is -1.09. The van der Waals surface area contributed by atoms with E-state index in [0.29, 0.717) is 23.3 Å². The number of benzene rings is 1. The minimum Gasteiger partial charge on any atom is -0.485 e. The Kier molecular flexibility index (Phi) is 4.06. The molecule has 22 heavy (non-hydrogen) atoms. The van der Waals surface area contributed by atoms with Crippen molar-refractivity contribution in [2.45, 2.75) is 38.5 Å². The molecule has 0 radical (unpaired) electrons. The molecule has 1 aliphatic heterocycles. The van der Waals surface area contributed by atoms with Crippen molar-refractivity contribution in [1.82, 2.24) is 10.4 Å². The molecule has 7 nitrogen and oxygen atoms in total. The van der Waals surface area contributed by atoms with E-state index in [1.54, 1.807) is 32.0 Å². The lowest BCUT2D eigenvalue weighted by molar-refractivity contribution is -0.151. The van der Waals surface area contributed by atoms with Crippen LogP contribution in [0.3, 0.4) is 0 Å². The van der Waals surface area contributed by atoms with Crippen LogP contribution in [0, 0.1) is 11.3 Å². The second kappa shape index (κ2) is 5.66. The number of hydrogen-bond acceptors (Lipinski definition) is 5. The molecular formula is C15H17N3O4. The molecule has 2 unspecified atom stereocenters. The third-order valence-corrected chi connectivity index (χ3v) is 3.65. The molecule has 7 heteroatoms. The Morgan fingerprint density at radius 2 is 2.23 bits per heavy atom. The highest BCUT2D eigenvalue weighted by atomic mass is 16.5. The number of nitriles is 1. The smallest absolute Gasteiger partial charge is 0.238 e. The van der Waals surface area contributed by atoms with Crippen molar-refractivity contribution in [2.24, 2.45) is 0 Å². The van der Waals surface area contributed by atoms with Gasteiger partial charge in [-0.25, -0.2) is 5.01 Å². The van der Waals surface area contributed by atoms with Crippen LogP contribution in [-0.4, -0.2) is 34.1 Å². The Morgan fingerprint density at radius 3 is 2.77 bits per heavy atom. The summed E-state index contributed by atoms with van der Waals surface area (Å²) in [5.41, 5.74) is 2.17. The molecule has 0 saturated carbocycles. The van der Waals surface area contributed by atoms with Gasteiger partial charge in [0.25, 0.3) is 0 Å². The van der Waals surface area contributed by atoms with E-state index in [1.807, 2.05) is 6.07 Å². The number of rotatable bonds is 3.